The molecule has 1 aliphatic rings. The van der Waals surface area contributed by atoms with Gasteiger partial charge in [0.2, 0.25) is 0 Å². The van der Waals surface area contributed by atoms with Crippen LogP contribution in [0.1, 0.15) is 43.5 Å². The van der Waals surface area contributed by atoms with E-state index in [9.17, 15) is 0 Å². The molecule has 21 heavy (non-hydrogen) atoms. The van der Waals surface area contributed by atoms with Gasteiger partial charge in [0, 0.05) is 18.8 Å². The molecule has 0 saturated carbocycles. The Hall–Kier alpha value is -1.13. The van der Waals surface area contributed by atoms with E-state index in [1.54, 1.807) is 0 Å². The number of aryl methyl sites for hydroxylation is 1. The minimum Gasteiger partial charge on any atom is -0.310 e. The van der Waals surface area contributed by atoms with Crippen LogP contribution in [0.25, 0.3) is 11.2 Å². The molecule has 0 bridgehead atoms. The molecule has 2 aromatic rings. The molecular weight excluding hydrogens is 284 g/mol. The highest BCUT2D eigenvalue weighted by Gasteiger charge is 2.26. The summed E-state index contributed by atoms with van der Waals surface area (Å²) in [5, 5.41) is -0.101. The fourth-order valence-electron chi connectivity index (χ4n) is 3.34. The second-order valence-corrected chi connectivity index (χ2v) is 6.63. The predicted molar refractivity (Wildman–Crippen MR) is 86.8 cm³/mol. The van der Waals surface area contributed by atoms with Crippen molar-refractivity contribution >= 4 is 22.8 Å². The fourth-order valence-corrected chi connectivity index (χ4v) is 3.51. The lowest BCUT2D eigenvalue weighted by Crippen LogP contribution is -2.33. The molecule has 1 saturated heterocycles. The van der Waals surface area contributed by atoms with Crippen molar-refractivity contribution in [2.45, 2.75) is 51.6 Å². The molecule has 2 atom stereocenters. The third-order valence-electron chi connectivity index (χ3n) is 4.41. The van der Waals surface area contributed by atoms with Crippen molar-refractivity contribution in [1.82, 2.24) is 19.4 Å². The number of imidazole rings is 1. The molecule has 0 aromatic carbocycles. The molecule has 0 N–H and O–H groups in total. The minimum absolute atomic E-state index is 0.101. The zero-order valence-corrected chi connectivity index (χ0v) is 13.8. The van der Waals surface area contributed by atoms with Crippen LogP contribution >= 0.6 is 11.6 Å². The van der Waals surface area contributed by atoms with E-state index in [1.807, 2.05) is 20.0 Å². The molecule has 114 valence electrons. The molecule has 3 heterocycles. The van der Waals surface area contributed by atoms with Crippen molar-refractivity contribution in [3.8, 4) is 0 Å². The van der Waals surface area contributed by atoms with Crippen LogP contribution in [0, 0.1) is 6.92 Å². The standard InChI is InChI=1S/C16H23ClN4/c1-4-20-7-5-6-13(20)10-21-15(12(3)17)19-14-8-11(2)9-18-16(14)21/h8-9,12-13H,4-7,10H2,1-3H3. The monoisotopic (exact) mass is 306 g/mol. The third-order valence-corrected chi connectivity index (χ3v) is 4.60. The molecule has 2 aromatic heterocycles. The van der Waals surface area contributed by atoms with Gasteiger partial charge in [0.25, 0.3) is 0 Å². The van der Waals surface area contributed by atoms with Crippen molar-refractivity contribution in [2.24, 2.45) is 0 Å². The fraction of sp³-hybridized carbons (Fsp3) is 0.625. The van der Waals surface area contributed by atoms with Crippen molar-refractivity contribution in [2.75, 3.05) is 13.1 Å². The maximum atomic E-state index is 6.35. The first kappa shape index (κ1) is 14.8. The van der Waals surface area contributed by atoms with Gasteiger partial charge in [-0.05, 0) is 51.4 Å². The van der Waals surface area contributed by atoms with Crippen LogP contribution in [0.3, 0.4) is 0 Å². The summed E-state index contributed by atoms with van der Waals surface area (Å²) in [5.41, 5.74) is 3.06. The molecule has 5 heteroatoms. The Morgan fingerprint density at radius 1 is 1.48 bits per heavy atom. The Balaban J connectivity index is 2.01. The molecule has 1 fully saturated rings. The lowest BCUT2D eigenvalue weighted by atomic mass is 10.2. The quantitative estimate of drug-likeness (QED) is 0.810. The number of fused-ring (bicyclic) bond motifs is 1. The van der Waals surface area contributed by atoms with Gasteiger partial charge in [0.1, 0.15) is 11.3 Å². The number of hydrogen-bond donors (Lipinski definition) is 0. The second kappa shape index (κ2) is 5.93. The molecule has 2 unspecified atom stereocenters. The Morgan fingerprint density at radius 3 is 3.00 bits per heavy atom. The van der Waals surface area contributed by atoms with Crippen LogP contribution < -0.4 is 0 Å². The first-order valence-electron chi connectivity index (χ1n) is 7.81. The Morgan fingerprint density at radius 2 is 2.29 bits per heavy atom. The van der Waals surface area contributed by atoms with Gasteiger partial charge in [-0.1, -0.05) is 6.92 Å². The van der Waals surface area contributed by atoms with Gasteiger partial charge in [-0.15, -0.1) is 11.6 Å². The number of halogens is 1. The van der Waals surface area contributed by atoms with E-state index >= 15 is 0 Å². The number of hydrogen-bond acceptors (Lipinski definition) is 3. The van der Waals surface area contributed by atoms with Gasteiger partial charge in [-0.25, -0.2) is 9.97 Å². The van der Waals surface area contributed by atoms with Crippen LogP contribution in [0.2, 0.25) is 0 Å². The number of aromatic nitrogens is 3. The van der Waals surface area contributed by atoms with E-state index in [1.165, 1.54) is 19.4 Å². The highest BCUT2D eigenvalue weighted by molar-refractivity contribution is 6.20. The molecule has 0 radical (unpaired) electrons. The van der Waals surface area contributed by atoms with Gasteiger partial charge in [0.15, 0.2) is 5.65 Å². The Labute approximate surface area is 131 Å². The highest BCUT2D eigenvalue weighted by Crippen LogP contribution is 2.27. The van der Waals surface area contributed by atoms with Crippen molar-refractivity contribution < 1.29 is 0 Å². The predicted octanol–water partition coefficient (Wildman–Crippen LogP) is 3.52. The Kier molecular flexibility index (Phi) is 4.18. The average molecular weight is 307 g/mol. The second-order valence-electron chi connectivity index (χ2n) is 5.98. The van der Waals surface area contributed by atoms with Gasteiger partial charge in [0.05, 0.1) is 5.38 Å². The lowest BCUT2D eigenvalue weighted by Gasteiger charge is -2.24. The zero-order valence-electron chi connectivity index (χ0n) is 13.0. The topological polar surface area (TPSA) is 34.0 Å². The van der Waals surface area contributed by atoms with Gasteiger partial charge >= 0.3 is 0 Å². The van der Waals surface area contributed by atoms with Crippen LogP contribution in [0.5, 0.6) is 0 Å². The zero-order chi connectivity index (χ0) is 15.0. The third kappa shape index (κ3) is 2.79. The average Bonchev–Trinajstić information content (AvgIpc) is 3.03. The highest BCUT2D eigenvalue weighted by atomic mass is 35.5. The number of alkyl halides is 1. The molecule has 4 nitrogen and oxygen atoms in total. The normalized spacial score (nSPS) is 21.2. The van der Waals surface area contributed by atoms with Crippen LogP contribution in [-0.2, 0) is 6.54 Å². The van der Waals surface area contributed by atoms with Crippen molar-refractivity contribution in [1.29, 1.82) is 0 Å². The van der Waals surface area contributed by atoms with E-state index in [4.69, 9.17) is 16.6 Å². The summed E-state index contributed by atoms with van der Waals surface area (Å²) in [6.45, 7) is 9.51. The summed E-state index contributed by atoms with van der Waals surface area (Å²) in [4.78, 5) is 11.9. The lowest BCUT2D eigenvalue weighted by molar-refractivity contribution is 0.244. The van der Waals surface area contributed by atoms with Crippen molar-refractivity contribution in [3.05, 3.63) is 23.7 Å². The van der Waals surface area contributed by atoms with E-state index in [-0.39, 0.29) is 5.38 Å². The number of likely N-dealkylation sites (tertiary alicyclic amines) is 1. The van der Waals surface area contributed by atoms with Crippen LogP contribution in [0.15, 0.2) is 12.3 Å². The molecule has 0 aliphatic carbocycles. The first-order valence-corrected chi connectivity index (χ1v) is 8.24. The minimum atomic E-state index is -0.101. The summed E-state index contributed by atoms with van der Waals surface area (Å²) in [6, 6.07) is 2.66. The van der Waals surface area contributed by atoms with Gasteiger partial charge in [-0.3, -0.25) is 4.90 Å². The summed E-state index contributed by atoms with van der Waals surface area (Å²) < 4.78 is 2.23. The number of nitrogens with zero attached hydrogens (tertiary/aromatic N) is 4. The summed E-state index contributed by atoms with van der Waals surface area (Å²) >= 11 is 6.35. The maximum Gasteiger partial charge on any atom is 0.160 e. The van der Waals surface area contributed by atoms with Crippen LogP contribution in [0.4, 0.5) is 0 Å². The summed E-state index contributed by atoms with van der Waals surface area (Å²) in [6.07, 6.45) is 4.44. The van der Waals surface area contributed by atoms with Crippen molar-refractivity contribution in [3.63, 3.8) is 0 Å². The Bertz CT molecular complexity index is 634. The van der Waals surface area contributed by atoms with E-state index < -0.39 is 0 Å². The van der Waals surface area contributed by atoms with Gasteiger partial charge in [-0.2, -0.15) is 0 Å². The number of pyridine rings is 1. The van der Waals surface area contributed by atoms with E-state index in [2.05, 4.69) is 27.4 Å². The number of likely N-dealkylation sites (N-methyl/N-ethyl adjacent to an activating group) is 1. The SMILES string of the molecule is CCN1CCCC1Cn1c(C(C)Cl)nc2cc(C)cnc21. The van der Waals surface area contributed by atoms with Crippen LogP contribution in [-0.4, -0.2) is 38.6 Å². The number of rotatable bonds is 4. The van der Waals surface area contributed by atoms with E-state index in [0.29, 0.717) is 6.04 Å². The molecule has 1 aliphatic heterocycles. The first-order chi connectivity index (χ1) is 10.1. The molecule has 0 amide bonds. The molecule has 3 rings (SSSR count). The summed E-state index contributed by atoms with van der Waals surface area (Å²) in [5.74, 6) is 0.938. The van der Waals surface area contributed by atoms with Gasteiger partial charge < -0.3 is 4.57 Å². The summed E-state index contributed by atoms with van der Waals surface area (Å²) in [7, 11) is 0. The van der Waals surface area contributed by atoms with E-state index in [0.717, 1.165) is 35.6 Å². The molecular formula is C16H23ClN4. The largest absolute Gasteiger partial charge is 0.310 e. The molecule has 0 spiro atoms. The smallest absolute Gasteiger partial charge is 0.160 e. The maximum absolute atomic E-state index is 6.35.